The average molecular weight is 261 g/mol. The van der Waals surface area contributed by atoms with Gasteiger partial charge in [-0.2, -0.15) is 0 Å². The number of hydrogen-bond donors (Lipinski definition) is 1. The zero-order valence-electron chi connectivity index (χ0n) is 11.1. The number of ketones is 1. The van der Waals surface area contributed by atoms with E-state index in [-0.39, 0.29) is 11.2 Å². The lowest BCUT2D eigenvalue weighted by Crippen LogP contribution is -2.24. The van der Waals surface area contributed by atoms with Crippen molar-refractivity contribution < 1.29 is 4.79 Å². The zero-order valence-corrected chi connectivity index (χ0v) is 11.9. The van der Waals surface area contributed by atoms with Crippen LogP contribution in [0.3, 0.4) is 0 Å². The van der Waals surface area contributed by atoms with Gasteiger partial charge in [0.15, 0.2) is 5.78 Å². The van der Waals surface area contributed by atoms with E-state index in [1.54, 1.807) is 17.8 Å². The largest absolute Gasteiger partial charge is 0.358 e. The first kappa shape index (κ1) is 13.2. The summed E-state index contributed by atoms with van der Waals surface area (Å²) >= 11 is 1.71. The maximum absolute atomic E-state index is 11.7. The van der Waals surface area contributed by atoms with Crippen molar-refractivity contribution >= 4 is 23.2 Å². The summed E-state index contributed by atoms with van der Waals surface area (Å²) in [7, 11) is 0. The fourth-order valence-corrected chi connectivity index (χ4v) is 2.90. The zero-order chi connectivity index (χ0) is 13.2. The van der Waals surface area contributed by atoms with Crippen LogP contribution in [-0.2, 0) is 4.79 Å². The van der Waals surface area contributed by atoms with Crippen molar-refractivity contribution in [2.75, 3.05) is 11.6 Å². The molecule has 1 aromatic carbocycles. The number of rotatable bonds is 3. The number of nitrogens with one attached hydrogen (secondary N) is 1. The number of carbonyl (C=O) groups is 1. The van der Waals surface area contributed by atoms with Crippen molar-refractivity contribution in [2.24, 2.45) is 5.41 Å². The fourth-order valence-electron chi connectivity index (χ4n) is 2.35. The average Bonchev–Trinajstić information content (AvgIpc) is 2.27. The monoisotopic (exact) mass is 261 g/mol. The van der Waals surface area contributed by atoms with Crippen LogP contribution in [0.4, 0.5) is 5.69 Å². The molecule has 18 heavy (non-hydrogen) atoms. The molecule has 2 nitrogen and oxygen atoms in total. The van der Waals surface area contributed by atoms with Gasteiger partial charge in [-0.3, -0.25) is 4.79 Å². The third kappa shape index (κ3) is 3.16. The molecule has 0 radical (unpaired) electrons. The van der Waals surface area contributed by atoms with Crippen molar-refractivity contribution in [3.05, 3.63) is 36.0 Å². The number of benzene rings is 1. The Morgan fingerprint density at radius 1 is 1.22 bits per heavy atom. The lowest BCUT2D eigenvalue weighted by molar-refractivity contribution is -0.117. The van der Waals surface area contributed by atoms with E-state index in [4.69, 9.17) is 0 Å². The van der Waals surface area contributed by atoms with Crippen molar-refractivity contribution in [3.8, 4) is 0 Å². The summed E-state index contributed by atoms with van der Waals surface area (Å²) in [6, 6.07) is 8.18. The maximum Gasteiger partial charge on any atom is 0.157 e. The van der Waals surface area contributed by atoms with E-state index >= 15 is 0 Å². The van der Waals surface area contributed by atoms with E-state index in [0.717, 1.165) is 17.8 Å². The molecule has 1 aliphatic rings. The number of hydrogen-bond acceptors (Lipinski definition) is 3. The molecule has 0 aromatic heterocycles. The predicted molar refractivity (Wildman–Crippen MR) is 78.0 cm³/mol. The second-order valence-electron chi connectivity index (χ2n) is 5.48. The summed E-state index contributed by atoms with van der Waals surface area (Å²) in [5.74, 6) is 0.218. The van der Waals surface area contributed by atoms with Crippen molar-refractivity contribution in [3.63, 3.8) is 0 Å². The fraction of sp³-hybridized carbons (Fsp3) is 0.400. The summed E-state index contributed by atoms with van der Waals surface area (Å²) in [4.78, 5) is 12.9. The van der Waals surface area contributed by atoms with Crippen LogP contribution in [0.25, 0.3) is 0 Å². The van der Waals surface area contributed by atoms with Gasteiger partial charge >= 0.3 is 0 Å². The van der Waals surface area contributed by atoms with E-state index in [1.165, 1.54) is 4.90 Å². The Morgan fingerprint density at radius 3 is 2.61 bits per heavy atom. The van der Waals surface area contributed by atoms with Crippen LogP contribution in [0, 0.1) is 5.41 Å². The Balaban J connectivity index is 2.21. The topological polar surface area (TPSA) is 29.1 Å². The number of anilines is 1. The molecule has 0 amide bonds. The van der Waals surface area contributed by atoms with Gasteiger partial charge in [0.2, 0.25) is 0 Å². The highest BCUT2D eigenvalue weighted by Crippen LogP contribution is 2.35. The first-order chi connectivity index (χ1) is 8.50. The molecule has 0 heterocycles. The van der Waals surface area contributed by atoms with Gasteiger partial charge in [-0.05, 0) is 30.2 Å². The Bertz CT molecular complexity index is 491. The van der Waals surface area contributed by atoms with Gasteiger partial charge in [-0.1, -0.05) is 26.0 Å². The first-order valence-corrected chi connectivity index (χ1v) is 7.36. The van der Waals surface area contributed by atoms with Crippen LogP contribution in [0.5, 0.6) is 0 Å². The quantitative estimate of drug-likeness (QED) is 0.831. The molecule has 0 atom stereocenters. The molecular formula is C15H19NOS. The highest BCUT2D eigenvalue weighted by Gasteiger charge is 2.27. The Labute approximate surface area is 113 Å². The molecule has 0 aliphatic heterocycles. The summed E-state index contributed by atoms with van der Waals surface area (Å²) in [5.41, 5.74) is 2.17. The third-order valence-corrected chi connectivity index (χ3v) is 3.86. The Kier molecular flexibility index (Phi) is 3.81. The van der Waals surface area contributed by atoms with Crippen LogP contribution in [0.2, 0.25) is 0 Å². The minimum atomic E-state index is 0.0580. The molecule has 0 saturated carbocycles. The van der Waals surface area contributed by atoms with E-state index in [0.29, 0.717) is 6.42 Å². The number of para-hydroxylation sites is 1. The van der Waals surface area contributed by atoms with Gasteiger partial charge in [0.05, 0.1) is 5.69 Å². The summed E-state index contributed by atoms with van der Waals surface area (Å²) in [6.45, 7) is 4.28. The van der Waals surface area contributed by atoms with Crippen LogP contribution in [-0.4, -0.2) is 12.0 Å². The summed E-state index contributed by atoms with van der Waals surface area (Å²) in [5, 5.41) is 3.41. The molecule has 0 saturated heterocycles. The first-order valence-electron chi connectivity index (χ1n) is 6.14. The van der Waals surface area contributed by atoms with Gasteiger partial charge in [0, 0.05) is 23.1 Å². The molecular weight excluding hydrogens is 242 g/mol. The molecule has 3 heteroatoms. The molecule has 1 aliphatic carbocycles. The Hall–Kier alpha value is -1.22. The van der Waals surface area contributed by atoms with Crippen LogP contribution in [0.1, 0.15) is 26.7 Å². The highest BCUT2D eigenvalue weighted by molar-refractivity contribution is 7.98. The molecule has 0 bridgehead atoms. The standard InChI is InChI=1S/C15H19NOS/c1-15(2)9-11(8-12(17)10-15)16-13-6-4-5-7-14(13)18-3/h4-8,16H,9-10H2,1-3H3. The molecule has 96 valence electrons. The highest BCUT2D eigenvalue weighted by atomic mass is 32.2. The molecule has 2 rings (SSSR count). The van der Waals surface area contributed by atoms with E-state index in [2.05, 4.69) is 37.6 Å². The van der Waals surface area contributed by atoms with Gasteiger partial charge in [0.1, 0.15) is 0 Å². The normalized spacial score (nSPS) is 18.4. The van der Waals surface area contributed by atoms with Crippen molar-refractivity contribution in [1.29, 1.82) is 0 Å². The minimum Gasteiger partial charge on any atom is -0.358 e. The molecule has 1 aromatic rings. The lowest BCUT2D eigenvalue weighted by atomic mass is 9.79. The smallest absolute Gasteiger partial charge is 0.157 e. The van der Waals surface area contributed by atoms with E-state index in [9.17, 15) is 4.79 Å². The van der Waals surface area contributed by atoms with Gasteiger partial charge in [-0.15, -0.1) is 11.8 Å². The summed E-state index contributed by atoms with van der Waals surface area (Å²) in [6.07, 6.45) is 5.37. The SMILES string of the molecule is CSc1ccccc1NC1=CC(=O)CC(C)(C)C1. The van der Waals surface area contributed by atoms with Crippen LogP contribution < -0.4 is 5.32 Å². The van der Waals surface area contributed by atoms with Gasteiger partial charge in [-0.25, -0.2) is 0 Å². The number of thioether (sulfide) groups is 1. The van der Waals surface area contributed by atoms with Crippen molar-refractivity contribution in [2.45, 2.75) is 31.6 Å². The minimum absolute atomic E-state index is 0.0580. The summed E-state index contributed by atoms with van der Waals surface area (Å²) < 4.78 is 0. The molecule has 1 N–H and O–H groups in total. The maximum atomic E-state index is 11.7. The third-order valence-electron chi connectivity index (χ3n) is 3.06. The number of carbonyl (C=O) groups excluding carboxylic acids is 1. The van der Waals surface area contributed by atoms with Gasteiger partial charge in [0.25, 0.3) is 0 Å². The molecule has 0 spiro atoms. The van der Waals surface area contributed by atoms with Crippen LogP contribution in [0.15, 0.2) is 40.9 Å². The lowest BCUT2D eigenvalue weighted by Gasteiger charge is -2.29. The second-order valence-corrected chi connectivity index (χ2v) is 6.33. The van der Waals surface area contributed by atoms with Crippen LogP contribution >= 0.6 is 11.8 Å². The second kappa shape index (κ2) is 5.19. The molecule has 0 unspecified atom stereocenters. The predicted octanol–water partition coefficient (Wildman–Crippen LogP) is 4.09. The van der Waals surface area contributed by atoms with E-state index in [1.807, 2.05) is 12.1 Å². The van der Waals surface area contributed by atoms with Gasteiger partial charge < -0.3 is 5.32 Å². The molecule has 0 fully saturated rings. The van der Waals surface area contributed by atoms with E-state index < -0.39 is 0 Å². The Morgan fingerprint density at radius 2 is 1.94 bits per heavy atom. The van der Waals surface area contributed by atoms with Crippen molar-refractivity contribution in [1.82, 2.24) is 0 Å². The number of allylic oxidation sites excluding steroid dienone is 2.